The summed E-state index contributed by atoms with van der Waals surface area (Å²) in [5.41, 5.74) is 0. The van der Waals surface area contributed by atoms with Gasteiger partial charge in [-0.15, -0.1) is 0 Å². The van der Waals surface area contributed by atoms with Gasteiger partial charge in [0.2, 0.25) is 5.91 Å². The van der Waals surface area contributed by atoms with Crippen LogP contribution in [0.15, 0.2) is 122 Å². The summed E-state index contributed by atoms with van der Waals surface area (Å²) >= 11 is 0. The molecule has 0 aromatic rings. The minimum Gasteiger partial charge on any atom is -0.463 e. The number of carbonyl (C=O) groups is 2. The number of esters is 1. The van der Waals surface area contributed by atoms with Crippen molar-refractivity contribution in [3.63, 3.8) is 0 Å². The zero-order valence-electron chi connectivity index (χ0n) is 40.6. The van der Waals surface area contributed by atoms with Gasteiger partial charge in [0, 0.05) is 19.4 Å². The molecule has 2 atom stereocenters. The van der Waals surface area contributed by atoms with E-state index in [2.05, 4.69) is 141 Å². The van der Waals surface area contributed by atoms with Gasteiger partial charge in [-0.3, -0.25) is 18.6 Å². The van der Waals surface area contributed by atoms with Gasteiger partial charge in [0.25, 0.3) is 0 Å². The van der Waals surface area contributed by atoms with Gasteiger partial charge >= 0.3 is 13.8 Å². The first kappa shape index (κ1) is 61.4. The zero-order chi connectivity index (χ0) is 47.4. The number of unbranched alkanes of at least 4 members (excludes halogenated alkanes) is 12. The minimum atomic E-state index is -4.44. The average molecular weight is 924 g/mol. The quantitative estimate of drug-likeness (QED) is 0.0238. The van der Waals surface area contributed by atoms with E-state index in [1.54, 1.807) is 0 Å². The lowest BCUT2D eigenvalue weighted by Crippen LogP contribution is -2.27. The van der Waals surface area contributed by atoms with Crippen molar-refractivity contribution in [2.24, 2.45) is 0 Å². The molecule has 0 radical (unpaired) electrons. The maximum Gasteiger partial charge on any atom is 0.472 e. The summed E-state index contributed by atoms with van der Waals surface area (Å²) in [4.78, 5) is 34.1. The molecule has 3 N–H and O–H groups in total. The van der Waals surface area contributed by atoms with Crippen LogP contribution in [-0.4, -0.2) is 54.3 Å². The third-order valence-electron chi connectivity index (χ3n) is 9.88. The van der Waals surface area contributed by atoms with E-state index < -0.39 is 26.5 Å². The number of nitrogens with one attached hydrogen (secondary N) is 1. The van der Waals surface area contributed by atoms with Crippen LogP contribution in [0.25, 0.3) is 0 Å². The lowest BCUT2D eigenvalue weighted by molar-refractivity contribution is -0.147. The number of carbonyl (C=O) groups excluding carboxylic acids is 2. The van der Waals surface area contributed by atoms with Gasteiger partial charge in [0.15, 0.2) is 0 Å². The molecule has 9 nitrogen and oxygen atoms in total. The van der Waals surface area contributed by atoms with Crippen molar-refractivity contribution < 1.29 is 37.9 Å². The van der Waals surface area contributed by atoms with Gasteiger partial charge in [-0.1, -0.05) is 180 Å². The SMILES string of the molecule is CC/C=C\C/C=C\C/C=C\C/C=C\C/C=C\C/C=C\CCCCCCC(=O)OCC(O)COP(=O)(O)OCCNC(=O)CCCCCCC/C=C\C/C=C\C/C=C\C/C=C\CCCCC. The molecule has 0 aromatic carbocycles. The Morgan fingerprint density at radius 2 is 0.877 bits per heavy atom. The first-order valence-electron chi connectivity index (χ1n) is 25.0. The number of ether oxygens (including phenoxy) is 1. The Kier molecular flexibility index (Phi) is 47.1. The van der Waals surface area contributed by atoms with E-state index >= 15 is 0 Å². The van der Waals surface area contributed by atoms with Gasteiger partial charge in [-0.05, 0) is 109 Å². The Labute approximate surface area is 396 Å². The Bertz CT molecular complexity index is 1470. The van der Waals surface area contributed by atoms with E-state index in [0.717, 1.165) is 122 Å². The molecule has 10 heteroatoms. The van der Waals surface area contributed by atoms with Crippen molar-refractivity contribution in [1.29, 1.82) is 0 Å². The van der Waals surface area contributed by atoms with Crippen molar-refractivity contribution in [2.75, 3.05) is 26.4 Å². The zero-order valence-corrected chi connectivity index (χ0v) is 41.5. The van der Waals surface area contributed by atoms with Crippen LogP contribution in [0, 0.1) is 0 Å². The van der Waals surface area contributed by atoms with E-state index in [-0.39, 0.29) is 32.1 Å². The van der Waals surface area contributed by atoms with Gasteiger partial charge in [0.05, 0.1) is 13.2 Å². The predicted octanol–water partition coefficient (Wildman–Crippen LogP) is 14.9. The highest BCUT2D eigenvalue weighted by molar-refractivity contribution is 7.47. The first-order valence-corrected chi connectivity index (χ1v) is 26.5. The van der Waals surface area contributed by atoms with E-state index in [4.69, 9.17) is 13.8 Å². The minimum absolute atomic E-state index is 0.0600. The van der Waals surface area contributed by atoms with Crippen molar-refractivity contribution in [2.45, 2.75) is 187 Å². The van der Waals surface area contributed by atoms with Gasteiger partial charge in [-0.25, -0.2) is 4.57 Å². The van der Waals surface area contributed by atoms with Crippen LogP contribution in [0.2, 0.25) is 0 Å². The van der Waals surface area contributed by atoms with E-state index in [9.17, 15) is 24.2 Å². The number of amides is 1. The van der Waals surface area contributed by atoms with Crippen LogP contribution in [0.4, 0.5) is 0 Å². The van der Waals surface area contributed by atoms with Gasteiger partial charge < -0.3 is 20.1 Å². The monoisotopic (exact) mass is 924 g/mol. The molecule has 2 unspecified atom stereocenters. The normalized spacial score (nSPS) is 14.2. The second-order valence-corrected chi connectivity index (χ2v) is 17.5. The molecule has 0 spiro atoms. The summed E-state index contributed by atoms with van der Waals surface area (Å²) in [6, 6.07) is 0. The molecule has 368 valence electrons. The maximum atomic E-state index is 12.1. The molecule has 0 saturated carbocycles. The lowest BCUT2D eigenvalue weighted by Gasteiger charge is -2.15. The molecule has 0 rings (SSSR count). The summed E-state index contributed by atoms with van der Waals surface area (Å²) in [6.45, 7) is 3.34. The molecule has 0 aliphatic rings. The number of aliphatic hydroxyl groups is 1. The fourth-order valence-corrected chi connectivity index (χ4v) is 6.89. The molecule has 0 heterocycles. The van der Waals surface area contributed by atoms with Gasteiger partial charge in [-0.2, -0.15) is 0 Å². The summed E-state index contributed by atoms with van der Waals surface area (Å²) in [7, 11) is -4.44. The summed E-state index contributed by atoms with van der Waals surface area (Å²) in [6.07, 6.45) is 68.4. The van der Waals surface area contributed by atoms with E-state index in [0.29, 0.717) is 12.8 Å². The standard InChI is InChI=1S/C55H90NO8P/c1-3-5-7-9-11-13-15-17-19-21-23-25-26-28-30-32-34-36-38-40-42-44-46-48-55(59)62-51-53(57)52-64-65(60,61)63-50-49-56-54(58)47-45-43-41-39-37-35-33-31-29-27-24-22-20-18-16-14-12-10-8-6-4-2/h5,7,11-14,17-20,23-25,27-28,30-31,33-34,36,53,57H,3-4,6,8-10,15-16,21-22,26,29,32,35,37-52H2,1-2H3,(H,56,58)(H,60,61)/b7-5-,13-11-,14-12-,19-17-,20-18-,25-23-,27-24-,30-28-,33-31-,36-34-. The van der Waals surface area contributed by atoms with E-state index in [1.165, 1.54) is 25.7 Å². The number of rotatable bonds is 45. The van der Waals surface area contributed by atoms with Crippen LogP contribution in [0.1, 0.15) is 181 Å². The molecule has 0 aliphatic carbocycles. The predicted molar refractivity (Wildman–Crippen MR) is 274 cm³/mol. The van der Waals surface area contributed by atoms with Crippen LogP contribution in [0.5, 0.6) is 0 Å². The van der Waals surface area contributed by atoms with Crippen molar-refractivity contribution in [3.8, 4) is 0 Å². The summed E-state index contributed by atoms with van der Waals surface area (Å²) in [5, 5.41) is 12.7. The van der Waals surface area contributed by atoms with Crippen molar-refractivity contribution in [3.05, 3.63) is 122 Å². The number of hydrogen-bond acceptors (Lipinski definition) is 7. The topological polar surface area (TPSA) is 131 Å². The third kappa shape index (κ3) is 51.3. The fraction of sp³-hybridized carbons (Fsp3) is 0.600. The Balaban J connectivity index is 3.70. The van der Waals surface area contributed by atoms with Crippen LogP contribution in [0.3, 0.4) is 0 Å². The van der Waals surface area contributed by atoms with Crippen LogP contribution < -0.4 is 5.32 Å². The number of hydrogen-bond donors (Lipinski definition) is 3. The second-order valence-electron chi connectivity index (χ2n) is 16.0. The molecule has 0 fully saturated rings. The van der Waals surface area contributed by atoms with Crippen LogP contribution >= 0.6 is 7.82 Å². The lowest BCUT2D eigenvalue weighted by atomic mass is 10.1. The molecule has 0 saturated heterocycles. The molecule has 65 heavy (non-hydrogen) atoms. The molecule has 0 bridgehead atoms. The Morgan fingerprint density at radius 3 is 1.32 bits per heavy atom. The summed E-state index contributed by atoms with van der Waals surface area (Å²) < 4.78 is 27.0. The average Bonchev–Trinajstić information content (AvgIpc) is 3.29. The highest BCUT2D eigenvalue weighted by atomic mass is 31.2. The molecular formula is C55H90NO8P. The largest absolute Gasteiger partial charge is 0.472 e. The molecule has 0 aliphatic heterocycles. The highest BCUT2D eigenvalue weighted by Crippen LogP contribution is 2.42. The van der Waals surface area contributed by atoms with Crippen molar-refractivity contribution >= 4 is 19.7 Å². The Morgan fingerprint density at radius 1 is 0.492 bits per heavy atom. The number of aliphatic hydroxyl groups excluding tert-OH is 1. The van der Waals surface area contributed by atoms with Crippen LogP contribution in [-0.2, 0) is 27.9 Å². The van der Waals surface area contributed by atoms with Crippen molar-refractivity contribution in [1.82, 2.24) is 5.32 Å². The summed E-state index contributed by atoms with van der Waals surface area (Å²) in [5.74, 6) is -0.569. The number of allylic oxidation sites excluding steroid dienone is 20. The fourth-order valence-electron chi connectivity index (χ4n) is 6.13. The highest BCUT2D eigenvalue weighted by Gasteiger charge is 2.23. The maximum absolute atomic E-state index is 12.1. The first-order chi connectivity index (χ1) is 31.8. The van der Waals surface area contributed by atoms with Gasteiger partial charge in [0.1, 0.15) is 12.7 Å². The molecule has 0 aromatic heterocycles. The van der Waals surface area contributed by atoms with E-state index in [1.807, 2.05) is 0 Å². The third-order valence-corrected chi connectivity index (χ3v) is 10.9. The molecular weight excluding hydrogens is 834 g/mol. The number of phosphoric acid groups is 1. The molecule has 1 amide bonds. The second kappa shape index (κ2) is 49.8. The Hall–Kier alpha value is -3.59. The smallest absolute Gasteiger partial charge is 0.463 e. The number of phosphoric ester groups is 1.